The Balaban J connectivity index is 1.24. The maximum absolute atomic E-state index is 12.7. The second kappa shape index (κ2) is 6.98. The Kier molecular flexibility index (Phi) is 4.67. The van der Waals surface area contributed by atoms with E-state index in [1.807, 2.05) is 18.2 Å². The standard InChI is InChI=1S/C24H33NO4/c1-15-7-6-11-23(2)13-19-20(21-24(15,23)29-21)17(22(26)28-19)14-25-12-10-16-8-4-5-9-18(16)27-3/h4-5,8-9,15,17,19-21,25H,6-7,10-14H2,1-3H3/t15-,17-,19+,20+,21+,23+,24-/m0/s1. The highest BCUT2D eigenvalue weighted by molar-refractivity contribution is 5.76. The smallest absolute Gasteiger partial charge is 0.311 e. The van der Waals surface area contributed by atoms with Gasteiger partial charge in [-0.1, -0.05) is 38.5 Å². The molecule has 7 atom stereocenters. The van der Waals surface area contributed by atoms with Crippen LogP contribution in [-0.2, 0) is 20.7 Å². The van der Waals surface area contributed by atoms with Crippen molar-refractivity contribution in [2.45, 2.75) is 63.8 Å². The number of benzene rings is 1. The molecule has 4 aliphatic rings. The molecule has 4 fully saturated rings. The molecule has 0 amide bonds. The Morgan fingerprint density at radius 1 is 1.31 bits per heavy atom. The SMILES string of the molecule is COc1ccccc1CCNC[C@@H]1C(=O)O[C@@H]2C[C@@]3(C)CCC[C@H](C)[C@@]34O[C@@H]4[C@H]12. The number of nitrogens with one attached hydrogen (secondary N) is 1. The zero-order valence-electron chi connectivity index (χ0n) is 17.8. The van der Waals surface area contributed by atoms with E-state index in [1.165, 1.54) is 24.8 Å². The van der Waals surface area contributed by atoms with Gasteiger partial charge in [0.15, 0.2) is 0 Å². The second-order valence-electron chi connectivity index (χ2n) is 9.81. The van der Waals surface area contributed by atoms with Crippen LogP contribution in [0.1, 0.15) is 45.1 Å². The van der Waals surface area contributed by atoms with Crippen molar-refractivity contribution in [2.75, 3.05) is 20.2 Å². The molecule has 1 N–H and O–H groups in total. The van der Waals surface area contributed by atoms with Crippen LogP contribution in [0, 0.1) is 23.2 Å². The van der Waals surface area contributed by atoms with E-state index in [9.17, 15) is 4.79 Å². The minimum absolute atomic E-state index is 0.0178. The van der Waals surface area contributed by atoms with E-state index in [2.05, 4.69) is 25.2 Å². The minimum atomic E-state index is -0.0966. The lowest BCUT2D eigenvalue weighted by atomic mass is 9.53. The van der Waals surface area contributed by atoms with E-state index >= 15 is 0 Å². The van der Waals surface area contributed by atoms with Crippen molar-refractivity contribution < 1.29 is 19.0 Å². The molecule has 2 aliphatic heterocycles. The predicted molar refractivity (Wildman–Crippen MR) is 110 cm³/mol. The number of para-hydroxylation sites is 1. The third kappa shape index (κ3) is 2.84. The molecular formula is C24H33NO4. The summed E-state index contributed by atoms with van der Waals surface area (Å²) in [5.41, 5.74) is 1.32. The first-order chi connectivity index (χ1) is 14.0. The Bertz CT molecular complexity index is 797. The van der Waals surface area contributed by atoms with Crippen molar-refractivity contribution in [3.05, 3.63) is 29.8 Å². The van der Waals surface area contributed by atoms with Crippen molar-refractivity contribution in [1.82, 2.24) is 5.32 Å². The molecule has 0 unspecified atom stereocenters. The second-order valence-corrected chi connectivity index (χ2v) is 9.81. The fraction of sp³-hybridized carbons (Fsp3) is 0.708. The summed E-state index contributed by atoms with van der Waals surface area (Å²) in [6, 6.07) is 8.10. The van der Waals surface area contributed by atoms with Crippen LogP contribution >= 0.6 is 0 Å². The number of methoxy groups -OCH3 is 1. The number of rotatable bonds is 6. The van der Waals surface area contributed by atoms with Crippen LogP contribution in [0.3, 0.4) is 0 Å². The number of hydrogen-bond acceptors (Lipinski definition) is 5. The molecule has 1 spiro atoms. The molecule has 5 rings (SSSR count). The van der Waals surface area contributed by atoms with Gasteiger partial charge in [-0.15, -0.1) is 0 Å². The van der Waals surface area contributed by atoms with Crippen LogP contribution in [0.2, 0.25) is 0 Å². The van der Waals surface area contributed by atoms with Crippen molar-refractivity contribution in [2.24, 2.45) is 23.2 Å². The average molecular weight is 400 g/mol. The number of hydrogen-bond donors (Lipinski definition) is 1. The molecule has 158 valence electrons. The maximum atomic E-state index is 12.7. The number of ether oxygens (including phenoxy) is 3. The van der Waals surface area contributed by atoms with Gasteiger partial charge in [-0.25, -0.2) is 0 Å². The summed E-state index contributed by atoms with van der Waals surface area (Å²) in [5, 5.41) is 3.51. The van der Waals surface area contributed by atoms with Gasteiger partial charge in [-0.05, 0) is 49.8 Å². The fourth-order valence-corrected chi connectivity index (χ4v) is 6.86. The molecule has 0 bridgehead atoms. The third-order valence-electron chi connectivity index (χ3n) is 8.32. The molecule has 0 radical (unpaired) electrons. The summed E-state index contributed by atoms with van der Waals surface area (Å²) in [6.07, 6.45) is 5.74. The van der Waals surface area contributed by atoms with Crippen molar-refractivity contribution in [3.63, 3.8) is 0 Å². The summed E-state index contributed by atoms with van der Waals surface area (Å²) >= 11 is 0. The zero-order valence-corrected chi connectivity index (χ0v) is 17.8. The highest BCUT2D eigenvalue weighted by Gasteiger charge is 2.78. The summed E-state index contributed by atoms with van der Waals surface area (Å²) < 4.78 is 17.8. The Labute approximate surface area is 173 Å². The van der Waals surface area contributed by atoms with Crippen molar-refractivity contribution in [1.29, 1.82) is 0 Å². The van der Waals surface area contributed by atoms with Gasteiger partial charge in [0.25, 0.3) is 0 Å². The van der Waals surface area contributed by atoms with E-state index in [4.69, 9.17) is 14.2 Å². The molecule has 2 saturated carbocycles. The van der Waals surface area contributed by atoms with Crippen LogP contribution < -0.4 is 10.1 Å². The number of esters is 1. The molecule has 5 heteroatoms. The van der Waals surface area contributed by atoms with Gasteiger partial charge in [-0.2, -0.15) is 0 Å². The topological polar surface area (TPSA) is 60.1 Å². The zero-order chi connectivity index (χ0) is 20.2. The minimum Gasteiger partial charge on any atom is -0.496 e. The van der Waals surface area contributed by atoms with Crippen molar-refractivity contribution in [3.8, 4) is 5.75 Å². The van der Waals surface area contributed by atoms with Crippen molar-refractivity contribution >= 4 is 5.97 Å². The first kappa shape index (κ1) is 19.4. The Morgan fingerprint density at radius 2 is 2.14 bits per heavy atom. The van der Waals surface area contributed by atoms with E-state index in [1.54, 1.807) is 7.11 Å². The molecule has 1 aromatic rings. The van der Waals surface area contributed by atoms with Gasteiger partial charge < -0.3 is 19.5 Å². The lowest BCUT2D eigenvalue weighted by molar-refractivity contribution is -0.146. The highest BCUT2D eigenvalue weighted by Crippen LogP contribution is 2.70. The predicted octanol–water partition coefficient (Wildman–Crippen LogP) is 3.35. The molecule has 2 saturated heterocycles. The largest absolute Gasteiger partial charge is 0.496 e. The molecule has 5 nitrogen and oxygen atoms in total. The van der Waals surface area contributed by atoms with E-state index in [-0.39, 0.29) is 41.0 Å². The number of carbonyl (C=O) groups excluding carboxylic acids is 1. The molecule has 0 aromatic heterocycles. The summed E-state index contributed by atoms with van der Waals surface area (Å²) in [7, 11) is 1.70. The highest BCUT2D eigenvalue weighted by atomic mass is 16.6. The number of epoxide rings is 1. The Hall–Kier alpha value is -1.59. The molecule has 2 aliphatic carbocycles. The van der Waals surface area contributed by atoms with Gasteiger partial charge in [0.05, 0.1) is 19.1 Å². The first-order valence-corrected chi connectivity index (χ1v) is 11.2. The monoisotopic (exact) mass is 399 g/mol. The van der Waals surface area contributed by atoms with Gasteiger partial charge in [0.2, 0.25) is 0 Å². The summed E-state index contributed by atoms with van der Waals surface area (Å²) in [5.74, 6) is 1.56. The third-order valence-corrected chi connectivity index (χ3v) is 8.32. The maximum Gasteiger partial charge on any atom is 0.311 e. The first-order valence-electron chi connectivity index (χ1n) is 11.2. The molecule has 29 heavy (non-hydrogen) atoms. The van der Waals surface area contributed by atoms with Crippen LogP contribution in [0.4, 0.5) is 0 Å². The normalized spacial score (nSPS) is 42.4. The van der Waals surface area contributed by atoms with Gasteiger partial charge in [0, 0.05) is 17.9 Å². The Morgan fingerprint density at radius 3 is 2.97 bits per heavy atom. The summed E-state index contributed by atoms with van der Waals surface area (Å²) in [6.45, 7) is 6.18. The van der Waals surface area contributed by atoms with Gasteiger partial charge in [-0.3, -0.25) is 4.79 Å². The fourth-order valence-electron chi connectivity index (χ4n) is 6.86. The lowest BCUT2D eigenvalue weighted by Crippen LogP contribution is -2.54. The number of fused-ring (bicyclic) bond motifs is 2. The average Bonchev–Trinajstić information content (AvgIpc) is 3.39. The van der Waals surface area contributed by atoms with Crippen LogP contribution in [0.25, 0.3) is 0 Å². The molecular weight excluding hydrogens is 366 g/mol. The van der Waals surface area contributed by atoms with Gasteiger partial charge >= 0.3 is 5.97 Å². The molecule has 1 aromatic carbocycles. The van der Waals surface area contributed by atoms with E-state index in [0.717, 1.165) is 25.1 Å². The number of carbonyl (C=O) groups is 1. The van der Waals surface area contributed by atoms with Crippen LogP contribution in [0.15, 0.2) is 24.3 Å². The van der Waals surface area contributed by atoms with Crippen LogP contribution in [-0.4, -0.2) is 44.0 Å². The van der Waals surface area contributed by atoms with Crippen LogP contribution in [0.5, 0.6) is 5.75 Å². The van der Waals surface area contributed by atoms with E-state index < -0.39 is 0 Å². The summed E-state index contributed by atoms with van der Waals surface area (Å²) in [4.78, 5) is 12.7. The molecule has 2 heterocycles. The quantitative estimate of drug-likeness (QED) is 0.452. The lowest BCUT2D eigenvalue weighted by Gasteiger charge is -2.48. The van der Waals surface area contributed by atoms with E-state index in [0.29, 0.717) is 12.5 Å². The van der Waals surface area contributed by atoms with Gasteiger partial charge in [0.1, 0.15) is 17.5 Å².